The second-order valence-electron chi connectivity index (χ2n) is 4.49. The fourth-order valence-electron chi connectivity index (χ4n) is 1.90. The molecule has 104 valence electrons. The second kappa shape index (κ2) is 7.46. The standard InChI is InChI=1S/C16H15BrClNO/c17-14-3-1-2-13(10-14)11-16(20)19-15-6-4-12(5-7-15)8-9-18/h1-7,10H,8-9,11H2,(H,19,20). The van der Waals surface area contributed by atoms with Crippen LogP contribution >= 0.6 is 27.5 Å². The zero-order chi connectivity index (χ0) is 14.4. The van der Waals surface area contributed by atoms with Gasteiger partial charge in [0, 0.05) is 16.0 Å². The Morgan fingerprint density at radius 3 is 2.50 bits per heavy atom. The van der Waals surface area contributed by atoms with Crippen LogP contribution < -0.4 is 5.32 Å². The highest BCUT2D eigenvalue weighted by molar-refractivity contribution is 9.10. The molecule has 1 amide bonds. The third kappa shape index (κ3) is 4.66. The molecule has 2 aromatic rings. The van der Waals surface area contributed by atoms with E-state index in [0.29, 0.717) is 12.3 Å². The van der Waals surface area contributed by atoms with Crippen LogP contribution in [0.15, 0.2) is 53.0 Å². The van der Waals surface area contributed by atoms with E-state index in [1.807, 2.05) is 48.5 Å². The molecule has 2 aromatic carbocycles. The molecule has 0 aliphatic heterocycles. The van der Waals surface area contributed by atoms with Gasteiger partial charge in [0.1, 0.15) is 0 Å². The van der Waals surface area contributed by atoms with Crippen molar-refractivity contribution in [3.8, 4) is 0 Å². The number of halogens is 2. The lowest BCUT2D eigenvalue weighted by atomic mass is 10.1. The summed E-state index contributed by atoms with van der Waals surface area (Å²) in [5.74, 6) is 0.586. The van der Waals surface area contributed by atoms with Crippen molar-refractivity contribution in [2.45, 2.75) is 12.8 Å². The van der Waals surface area contributed by atoms with E-state index in [1.165, 1.54) is 5.56 Å². The normalized spacial score (nSPS) is 10.3. The van der Waals surface area contributed by atoms with Crippen LogP contribution in [0.2, 0.25) is 0 Å². The SMILES string of the molecule is O=C(Cc1cccc(Br)c1)Nc1ccc(CCCl)cc1. The molecule has 0 aromatic heterocycles. The van der Waals surface area contributed by atoms with E-state index in [0.717, 1.165) is 22.1 Å². The fraction of sp³-hybridized carbons (Fsp3) is 0.188. The third-order valence-electron chi connectivity index (χ3n) is 2.87. The summed E-state index contributed by atoms with van der Waals surface area (Å²) < 4.78 is 0.980. The molecule has 0 radical (unpaired) electrons. The van der Waals surface area contributed by atoms with Crippen molar-refractivity contribution in [1.29, 1.82) is 0 Å². The summed E-state index contributed by atoms with van der Waals surface area (Å²) >= 11 is 9.09. The Kier molecular flexibility index (Phi) is 5.62. The molecular formula is C16H15BrClNO. The highest BCUT2D eigenvalue weighted by Gasteiger charge is 2.04. The van der Waals surface area contributed by atoms with Gasteiger partial charge in [-0.2, -0.15) is 0 Å². The van der Waals surface area contributed by atoms with Crippen LogP contribution in [0.4, 0.5) is 5.69 Å². The molecule has 0 unspecified atom stereocenters. The molecule has 0 heterocycles. The van der Waals surface area contributed by atoms with Gasteiger partial charge in [-0.1, -0.05) is 40.2 Å². The average Bonchev–Trinajstić information content (AvgIpc) is 2.41. The summed E-state index contributed by atoms with van der Waals surface area (Å²) in [5, 5.41) is 2.89. The monoisotopic (exact) mass is 351 g/mol. The van der Waals surface area contributed by atoms with Gasteiger partial charge in [-0.05, 0) is 41.8 Å². The smallest absolute Gasteiger partial charge is 0.228 e. The third-order valence-corrected chi connectivity index (χ3v) is 3.56. The number of nitrogens with one attached hydrogen (secondary N) is 1. The topological polar surface area (TPSA) is 29.1 Å². The van der Waals surface area contributed by atoms with Crippen molar-refractivity contribution in [2.24, 2.45) is 0 Å². The van der Waals surface area contributed by atoms with Crippen molar-refractivity contribution in [2.75, 3.05) is 11.2 Å². The van der Waals surface area contributed by atoms with Crippen LogP contribution in [0.25, 0.3) is 0 Å². The van der Waals surface area contributed by atoms with Gasteiger partial charge in [0.2, 0.25) is 5.91 Å². The van der Waals surface area contributed by atoms with Gasteiger partial charge < -0.3 is 5.32 Å². The van der Waals surface area contributed by atoms with Crippen LogP contribution in [0.3, 0.4) is 0 Å². The van der Waals surface area contributed by atoms with Gasteiger partial charge >= 0.3 is 0 Å². The Morgan fingerprint density at radius 2 is 1.85 bits per heavy atom. The second-order valence-corrected chi connectivity index (χ2v) is 5.78. The number of alkyl halides is 1. The van der Waals surface area contributed by atoms with Crippen molar-refractivity contribution < 1.29 is 4.79 Å². The minimum absolute atomic E-state index is 0.0202. The first-order valence-corrected chi connectivity index (χ1v) is 7.69. The summed E-state index contributed by atoms with van der Waals surface area (Å²) in [7, 11) is 0. The molecule has 0 atom stereocenters. The number of anilines is 1. The summed E-state index contributed by atoms with van der Waals surface area (Å²) in [4.78, 5) is 12.0. The van der Waals surface area contributed by atoms with Crippen LogP contribution in [0.5, 0.6) is 0 Å². The Morgan fingerprint density at radius 1 is 1.10 bits per heavy atom. The zero-order valence-electron chi connectivity index (χ0n) is 10.9. The molecule has 0 saturated carbocycles. The summed E-state index contributed by atoms with van der Waals surface area (Å²) in [6.07, 6.45) is 1.21. The Bertz CT molecular complexity index is 583. The number of benzene rings is 2. The maximum atomic E-state index is 12.0. The molecule has 4 heteroatoms. The van der Waals surface area contributed by atoms with E-state index in [9.17, 15) is 4.79 Å². The largest absolute Gasteiger partial charge is 0.326 e. The lowest BCUT2D eigenvalue weighted by molar-refractivity contribution is -0.115. The predicted octanol–water partition coefficient (Wildman–Crippen LogP) is 4.41. The first-order valence-electron chi connectivity index (χ1n) is 6.36. The lowest BCUT2D eigenvalue weighted by Crippen LogP contribution is -2.14. The minimum Gasteiger partial charge on any atom is -0.326 e. The van der Waals surface area contributed by atoms with Crippen LogP contribution in [0, 0.1) is 0 Å². The van der Waals surface area contributed by atoms with Crippen LogP contribution in [0.1, 0.15) is 11.1 Å². The van der Waals surface area contributed by atoms with E-state index < -0.39 is 0 Å². The molecule has 0 aliphatic rings. The van der Waals surface area contributed by atoms with Gasteiger partial charge in [-0.3, -0.25) is 4.79 Å². The molecule has 1 N–H and O–H groups in total. The first kappa shape index (κ1) is 15.1. The van der Waals surface area contributed by atoms with Crippen molar-refractivity contribution in [3.63, 3.8) is 0 Å². The van der Waals surface area contributed by atoms with E-state index in [1.54, 1.807) is 0 Å². The molecule has 0 fully saturated rings. The van der Waals surface area contributed by atoms with Crippen molar-refractivity contribution in [3.05, 3.63) is 64.1 Å². The highest BCUT2D eigenvalue weighted by Crippen LogP contribution is 2.14. The number of hydrogen-bond acceptors (Lipinski definition) is 1. The quantitative estimate of drug-likeness (QED) is 0.793. The molecule has 20 heavy (non-hydrogen) atoms. The number of aryl methyl sites for hydroxylation is 1. The Balaban J connectivity index is 1.94. The summed E-state index contributed by atoms with van der Waals surface area (Å²) in [6, 6.07) is 15.5. The maximum Gasteiger partial charge on any atom is 0.228 e. The number of amides is 1. The number of carbonyl (C=O) groups excluding carboxylic acids is 1. The van der Waals surface area contributed by atoms with Crippen LogP contribution in [-0.4, -0.2) is 11.8 Å². The minimum atomic E-state index is -0.0202. The fourth-order valence-corrected chi connectivity index (χ4v) is 2.57. The Hall–Kier alpha value is -1.32. The predicted molar refractivity (Wildman–Crippen MR) is 87.3 cm³/mol. The zero-order valence-corrected chi connectivity index (χ0v) is 13.2. The molecule has 2 nitrogen and oxygen atoms in total. The van der Waals surface area contributed by atoms with E-state index >= 15 is 0 Å². The maximum absolute atomic E-state index is 12.0. The van der Waals surface area contributed by atoms with Crippen molar-refractivity contribution in [1.82, 2.24) is 0 Å². The number of carbonyl (C=O) groups is 1. The van der Waals surface area contributed by atoms with Crippen LogP contribution in [-0.2, 0) is 17.6 Å². The summed E-state index contributed by atoms with van der Waals surface area (Å²) in [6.45, 7) is 0. The van der Waals surface area contributed by atoms with E-state index in [4.69, 9.17) is 11.6 Å². The number of rotatable bonds is 5. The molecule has 2 rings (SSSR count). The van der Waals surface area contributed by atoms with Gasteiger partial charge in [-0.15, -0.1) is 11.6 Å². The Labute approximate surface area is 132 Å². The van der Waals surface area contributed by atoms with E-state index in [2.05, 4.69) is 21.2 Å². The van der Waals surface area contributed by atoms with Gasteiger partial charge in [0.15, 0.2) is 0 Å². The van der Waals surface area contributed by atoms with Gasteiger partial charge in [-0.25, -0.2) is 0 Å². The molecule has 0 saturated heterocycles. The lowest BCUT2D eigenvalue weighted by Gasteiger charge is -2.06. The van der Waals surface area contributed by atoms with Gasteiger partial charge in [0.25, 0.3) is 0 Å². The van der Waals surface area contributed by atoms with Gasteiger partial charge in [0.05, 0.1) is 6.42 Å². The highest BCUT2D eigenvalue weighted by atomic mass is 79.9. The number of hydrogen-bond donors (Lipinski definition) is 1. The molecular weight excluding hydrogens is 338 g/mol. The molecule has 0 spiro atoms. The first-order chi connectivity index (χ1) is 9.67. The molecule has 0 bridgehead atoms. The summed E-state index contributed by atoms with van der Waals surface area (Å²) in [5.41, 5.74) is 2.96. The van der Waals surface area contributed by atoms with Crippen molar-refractivity contribution >= 4 is 39.1 Å². The van der Waals surface area contributed by atoms with E-state index in [-0.39, 0.29) is 5.91 Å². The average molecular weight is 353 g/mol. The molecule has 0 aliphatic carbocycles.